The van der Waals surface area contributed by atoms with Gasteiger partial charge < -0.3 is 15.6 Å². The quantitative estimate of drug-likeness (QED) is 0.593. The first kappa shape index (κ1) is 11.8. The summed E-state index contributed by atoms with van der Waals surface area (Å²) in [6, 6.07) is 0. The highest BCUT2D eigenvalue weighted by atomic mass is 32.2. The second-order valence-corrected chi connectivity index (χ2v) is 4.94. The van der Waals surface area contributed by atoms with E-state index in [-0.39, 0.29) is 13.2 Å². The standard InChI is InChI=1S/C6H15NO4S/c1-5(8)12(9,10)6(2)11-4-3-7/h5-6,8H,3-4,7H2,1-2H3. The molecule has 12 heavy (non-hydrogen) atoms. The van der Waals surface area contributed by atoms with Crippen LogP contribution in [-0.4, -0.2) is 37.5 Å². The first-order valence-corrected chi connectivity index (χ1v) is 5.26. The Morgan fingerprint density at radius 1 is 1.50 bits per heavy atom. The molecule has 0 aromatic heterocycles. The number of sulfone groups is 1. The molecule has 0 aromatic carbocycles. The molecule has 0 rings (SSSR count). The molecule has 0 heterocycles. The monoisotopic (exact) mass is 197 g/mol. The minimum atomic E-state index is -3.57. The number of hydrogen-bond donors (Lipinski definition) is 2. The van der Waals surface area contributed by atoms with Crippen molar-refractivity contribution >= 4 is 9.84 Å². The van der Waals surface area contributed by atoms with Gasteiger partial charge in [-0.25, -0.2) is 8.42 Å². The van der Waals surface area contributed by atoms with Gasteiger partial charge in [0, 0.05) is 6.54 Å². The van der Waals surface area contributed by atoms with E-state index in [1.807, 2.05) is 0 Å². The van der Waals surface area contributed by atoms with Gasteiger partial charge in [-0.1, -0.05) is 0 Å². The molecule has 6 heteroatoms. The molecule has 2 atom stereocenters. The number of hydrogen-bond acceptors (Lipinski definition) is 5. The van der Waals surface area contributed by atoms with Crippen molar-refractivity contribution in [2.45, 2.75) is 24.7 Å². The van der Waals surface area contributed by atoms with Crippen LogP contribution in [-0.2, 0) is 14.6 Å². The molecule has 0 aliphatic heterocycles. The molecule has 2 unspecified atom stereocenters. The molecule has 0 aliphatic carbocycles. The summed E-state index contributed by atoms with van der Waals surface area (Å²) in [5.41, 5.74) is 2.72. The second-order valence-electron chi connectivity index (χ2n) is 2.42. The highest BCUT2D eigenvalue weighted by Gasteiger charge is 2.26. The summed E-state index contributed by atoms with van der Waals surface area (Å²) in [4.78, 5) is 0. The van der Waals surface area contributed by atoms with E-state index in [0.717, 1.165) is 0 Å². The minimum absolute atomic E-state index is 0.174. The number of nitrogens with two attached hydrogens (primary N) is 1. The molecule has 0 fully saturated rings. The molecule has 3 N–H and O–H groups in total. The summed E-state index contributed by atoms with van der Waals surface area (Å²) in [6.45, 7) is 3.00. The topological polar surface area (TPSA) is 89.6 Å². The van der Waals surface area contributed by atoms with Gasteiger partial charge in [0.05, 0.1) is 6.61 Å². The van der Waals surface area contributed by atoms with Crippen LogP contribution in [0.4, 0.5) is 0 Å². The number of aliphatic hydroxyl groups excluding tert-OH is 1. The fourth-order valence-corrected chi connectivity index (χ4v) is 1.45. The van der Waals surface area contributed by atoms with Crippen molar-refractivity contribution in [1.82, 2.24) is 0 Å². The van der Waals surface area contributed by atoms with Crippen LogP contribution in [0.1, 0.15) is 13.8 Å². The summed E-state index contributed by atoms with van der Waals surface area (Å²) in [5.74, 6) is 0. The normalized spacial score (nSPS) is 17.3. The summed E-state index contributed by atoms with van der Waals surface area (Å²) in [7, 11) is -3.57. The second kappa shape index (κ2) is 4.76. The van der Waals surface area contributed by atoms with E-state index < -0.39 is 20.7 Å². The average Bonchev–Trinajstić information content (AvgIpc) is 1.99. The minimum Gasteiger partial charge on any atom is -0.377 e. The Balaban J connectivity index is 4.17. The van der Waals surface area contributed by atoms with Gasteiger partial charge in [-0.2, -0.15) is 0 Å². The third-order valence-electron chi connectivity index (χ3n) is 1.41. The number of ether oxygens (including phenoxy) is 1. The van der Waals surface area contributed by atoms with Gasteiger partial charge in [-0.05, 0) is 13.8 Å². The number of rotatable bonds is 5. The van der Waals surface area contributed by atoms with Gasteiger partial charge in [-0.15, -0.1) is 0 Å². The van der Waals surface area contributed by atoms with E-state index in [9.17, 15) is 8.42 Å². The Morgan fingerprint density at radius 3 is 2.33 bits per heavy atom. The van der Waals surface area contributed by atoms with Gasteiger partial charge in [-0.3, -0.25) is 0 Å². The maximum Gasteiger partial charge on any atom is 0.202 e. The predicted octanol–water partition coefficient (Wildman–Crippen LogP) is -0.939. The zero-order chi connectivity index (χ0) is 9.78. The van der Waals surface area contributed by atoms with Crippen LogP contribution in [0.25, 0.3) is 0 Å². The highest BCUT2D eigenvalue weighted by Crippen LogP contribution is 2.07. The third kappa shape index (κ3) is 3.06. The van der Waals surface area contributed by atoms with Gasteiger partial charge in [0.2, 0.25) is 9.84 Å². The fourth-order valence-electron chi connectivity index (χ4n) is 0.606. The van der Waals surface area contributed by atoms with Crippen molar-refractivity contribution < 1.29 is 18.3 Å². The molecule has 0 saturated carbocycles. The van der Waals surface area contributed by atoms with Crippen molar-refractivity contribution in [3.8, 4) is 0 Å². The Hall–Kier alpha value is -0.170. The van der Waals surface area contributed by atoms with Crippen LogP contribution >= 0.6 is 0 Å². The summed E-state index contributed by atoms with van der Waals surface area (Å²) in [6.07, 6.45) is 0. The molecule has 0 amide bonds. The zero-order valence-corrected chi connectivity index (χ0v) is 8.04. The van der Waals surface area contributed by atoms with Gasteiger partial charge in [0.15, 0.2) is 10.9 Å². The van der Waals surface area contributed by atoms with Crippen LogP contribution in [0.5, 0.6) is 0 Å². The lowest BCUT2D eigenvalue weighted by Gasteiger charge is -2.14. The molecular weight excluding hydrogens is 182 g/mol. The summed E-state index contributed by atoms with van der Waals surface area (Å²) in [5, 5.41) is 8.85. The van der Waals surface area contributed by atoms with Gasteiger partial charge in [0.25, 0.3) is 0 Å². The lowest BCUT2D eigenvalue weighted by atomic mass is 10.7. The van der Waals surface area contributed by atoms with Gasteiger partial charge >= 0.3 is 0 Å². The summed E-state index contributed by atoms with van der Waals surface area (Å²) >= 11 is 0. The smallest absolute Gasteiger partial charge is 0.202 e. The maximum absolute atomic E-state index is 11.1. The van der Waals surface area contributed by atoms with Crippen molar-refractivity contribution in [2.24, 2.45) is 5.73 Å². The van der Waals surface area contributed by atoms with Crippen LogP contribution < -0.4 is 5.73 Å². The molecule has 0 radical (unpaired) electrons. The number of aliphatic hydroxyl groups is 1. The SMILES string of the molecule is CC(O)S(=O)(=O)C(C)OCCN. The molecule has 5 nitrogen and oxygen atoms in total. The Morgan fingerprint density at radius 2 is 2.00 bits per heavy atom. The van der Waals surface area contributed by atoms with Crippen molar-refractivity contribution in [1.29, 1.82) is 0 Å². The van der Waals surface area contributed by atoms with E-state index in [4.69, 9.17) is 15.6 Å². The summed E-state index contributed by atoms with van der Waals surface area (Å²) < 4.78 is 27.1. The lowest BCUT2D eigenvalue weighted by Crippen LogP contribution is -2.31. The van der Waals surface area contributed by atoms with E-state index >= 15 is 0 Å². The first-order chi connectivity index (χ1) is 5.42. The Bertz CT molecular complexity index is 212. The van der Waals surface area contributed by atoms with Crippen molar-refractivity contribution in [3.05, 3.63) is 0 Å². The maximum atomic E-state index is 11.1. The molecule has 0 aliphatic rings. The lowest BCUT2D eigenvalue weighted by molar-refractivity contribution is 0.118. The fraction of sp³-hybridized carbons (Fsp3) is 1.00. The highest BCUT2D eigenvalue weighted by molar-refractivity contribution is 7.92. The average molecular weight is 197 g/mol. The van der Waals surface area contributed by atoms with E-state index in [2.05, 4.69) is 0 Å². The van der Waals surface area contributed by atoms with E-state index in [1.165, 1.54) is 13.8 Å². The zero-order valence-electron chi connectivity index (χ0n) is 7.23. The first-order valence-electron chi connectivity index (χ1n) is 3.65. The van der Waals surface area contributed by atoms with E-state index in [0.29, 0.717) is 0 Å². The largest absolute Gasteiger partial charge is 0.377 e. The molecule has 0 spiro atoms. The molecular formula is C6H15NO4S. The van der Waals surface area contributed by atoms with Crippen LogP contribution in [0.15, 0.2) is 0 Å². The molecule has 74 valence electrons. The predicted molar refractivity (Wildman–Crippen MR) is 45.1 cm³/mol. The Kier molecular flexibility index (Phi) is 4.69. The van der Waals surface area contributed by atoms with Crippen molar-refractivity contribution in [3.63, 3.8) is 0 Å². The molecule has 0 aromatic rings. The third-order valence-corrected chi connectivity index (χ3v) is 3.42. The van der Waals surface area contributed by atoms with Gasteiger partial charge in [0.1, 0.15) is 0 Å². The van der Waals surface area contributed by atoms with Crippen LogP contribution in [0, 0.1) is 0 Å². The molecule has 0 bridgehead atoms. The van der Waals surface area contributed by atoms with Crippen LogP contribution in [0.3, 0.4) is 0 Å². The molecule has 0 saturated heterocycles. The van der Waals surface area contributed by atoms with Crippen LogP contribution in [0.2, 0.25) is 0 Å². The van der Waals surface area contributed by atoms with Crippen molar-refractivity contribution in [2.75, 3.05) is 13.2 Å². The Labute approximate surface area is 72.4 Å². The van der Waals surface area contributed by atoms with E-state index in [1.54, 1.807) is 0 Å².